The number of hydrogen-bond donors (Lipinski definition) is 1. The van der Waals surface area contributed by atoms with Crippen molar-refractivity contribution < 1.29 is 22.7 Å². The van der Waals surface area contributed by atoms with Crippen LogP contribution in [0.25, 0.3) is 0 Å². The predicted octanol–water partition coefficient (Wildman–Crippen LogP) is 5.15. The Morgan fingerprint density at radius 1 is 0.902 bits per heavy atom. The van der Waals surface area contributed by atoms with Crippen molar-refractivity contribution in [3.8, 4) is 5.75 Å². The summed E-state index contributed by atoms with van der Waals surface area (Å²) in [5.74, 6) is -0.136. The second-order valence-electron chi connectivity index (χ2n) is 10.3. The highest BCUT2D eigenvalue weighted by Gasteiger charge is 2.33. The lowest BCUT2D eigenvalue weighted by Gasteiger charge is -2.33. The van der Waals surface area contributed by atoms with Crippen LogP contribution in [0.15, 0.2) is 71.6 Å². The highest BCUT2D eigenvalue weighted by molar-refractivity contribution is 7.92. The van der Waals surface area contributed by atoms with Crippen LogP contribution in [0.4, 0.5) is 5.69 Å². The molecule has 0 unspecified atom stereocenters. The van der Waals surface area contributed by atoms with Crippen LogP contribution in [0.1, 0.15) is 48.9 Å². The van der Waals surface area contributed by atoms with Crippen molar-refractivity contribution in [3.63, 3.8) is 0 Å². The zero-order valence-electron chi connectivity index (χ0n) is 24.8. The summed E-state index contributed by atoms with van der Waals surface area (Å²) >= 11 is 0. The molecule has 0 saturated heterocycles. The molecule has 0 radical (unpaired) electrons. The van der Waals surface area contributed by atoms with Gasteiger partial charge in [0, 0.05) is 13.1 Å². The molecule has 2 amide bonds. The number of hydrogen-bond acceptors (Lipinski definition) is 5. The minimum atomic E-state index is -4.12. The summed E-state index contributed by atoms with van der Waals surface area (Å²) in [6.07, 6.45) is 1.11. The number of benzene rings is 3. The molecule has 0 spiro atoms. The van der Waals surface area contributed by atoms with Gasteiger partial charge in [-0.3, -0.25) is 13.9 Å². The zero-order chi connectivity index (χ0) is 30.2. The Kier molecular flexibility index (Phi) is 10.9. The first-order chi connectivity index (χ1) is 19.5. The van der Waals surface area contributed by atoms with E-state index in [9.17, 15) is 18.0 Å². The molecule has 8 nitrogen and oxygen atoms in total. The number of methoxy groups -OCH3 is 1. The number of anilines is 1. The van der Waals surface area contributed by atoms with Gasteiger partial charge in [-0.25, -0.2) is 8.42 Å². The normalized spacial score (nSPS) is 12.0. The van der Waals surface area contributed by atoms with Gasteiger partial charge in [-0.15, -0.1) is 0 Å². The average molecular weight is 580 g/mol. The van der Waals surface area contributed by atoms with Crippen LogP contribution in [0.3, 0.4) is 0 Å². The fourth-order valence-corrected chi connectivity index (χ4v) is 6.11. The first-order valence-corrected chi connectivity index (χ1v) is 15.3. The summed E-state index contributed by atoms with van der Waals surface area (Å²) in [7, 11) is -2.56. The Hall–Kier alpha value is -3.85. The molecule has 0 heterocycles. The Morgan fingerprint density at radius 3 is 2.15 bits per heavy atom. The maximum absolute atomic E-state index is 14.2. The van der Waals surface area contributed by atoms with Crippen molar-refractivity contribution >= 4 is 27.5 Å². The third-order valence-corrected chi connectivity index (χ3v) is 8.59. The van der Waals surface area contributed by atoms with Gasteiger partial charge in [0.2, 0.25) is 11.8 Å². The van der Waals surface area contributed by atoms with Gasteiger partial charge in [0.15, 0.2) is 0 Å². The van der Waals surface area contributed by atoms with E-state index in [0.29, 0.717) is 24.4 Å². The maximum Gasteiger partial charge on any atom is 0.264 e. The van der Waals surface area contributed by atoms with E-state index >= 15 is 0 Å². The molecule has 3 aromatic carbocycles. The van der Waals surface area contributed by atoms with Crippen LogP contribution in [-0.2, 0) is 26.2 Å². The molecular weight excluding hydrogens is 538 g/mol. The summed E-state index contributed by atoms with van der Waals surface area (Å²) in [5, 5.41) is 2.90. The third kappa shape index (κ3) is 8.10. The van der Waals surface area contributed by atoms with Gasteiger partial charge >= 0.3 is 0 Å². The second-order valence-corrected chi connectivity index (χ2v) is 12.1. The summed E-state index contributed by atoms with van der Waals surface area (Å²) in [5.41, 5.74) is 3.82. The van der Waals surface area contributed by atoms with E-state index in [4.69, 9.17) is 4.74 Å². The van der Waals surface area contributed by atoms with Gasteiger partial charge < -0.3 is 15.0 Å². The fourth-order valence-electron chi connectivity index (χ4n) is 4.71. The van der Waals surface area contributed by atoms with E-state index in [0.717, 1.165) is 33.0 Å². The summed E-state index contributed by atoms with van der Waals surface area (Å²) in [6, 6.07) is 18.5. The highest BCUT2D eigenvalue weighted by atomic mass is 32.2. The molecule has 3 aromatic rings. The van der Waals surface area contributed by atoms with Gasteiger partial charge in [0.1, 0.15) is 18.3 Å². The smallest absolute Gasteiger partial charge is 0.264 e. The van der Waals surface area contributed by atoms with Crippen LogP contribution in [0, 0.1) is 20.8 Å². The van der Waals surface area contributed by atoms with Gasteiger partial charge in [0.25, 0.3) is 10.0 Å². The number of aryl methyl sites for hydroxylation is 3. The molecule has 1 N–H and O–H groups in total. The average Bonchev–Trinajstić information content (AvgIpc) is 2.94. The van der Waals surface area contributed by atoms with E-state index in [-0.39, 0.29) is 17.3 Å². The van der Waals surface area contributed by atoms with E-state index in [1.807, 2.05) is 58.9 Å². The maximum atomic E-state index is 14.2. The number of rotatable bonds is 13. The molecule has 0 aromatic heterocycles. The predicted molar refractivity (Wildman–Crippen MR) is 163 cm³/mol. The van der Waals surface area contributed by atoms with Crippen molar-refractivity contribution in [1.82, 2.24) is 10.2 Å². The molecule has 3 rings (SSSR count). The van der Waals surface area contributed by atoms with Crippen LogP contribution >= 0.6 is 0 Å². The molecule has 220 valence electrons. The SMILES string of the molecule is CCCNC(=O)[C@H](CC)N(Cc1cccc(OC)c1)C(=O)CN(c1cc(C)cc(C)c1)S(=O)(=O)c1ccc(C)cc1. The molecule has 0 fully saturated rings. The van der Waals surface area contributed by atoms with Crippen LogP contribution < -0.4 is 14.4 Å². The Morgan fingerprint density at radius 2 is 1.56 bits per heavy atom. The molecule has 41 heavy (non-hydrogen) atoms. The lowest BCUT2D eigenvalue weighted by atomic mass is 10.1. The van der Waals surface area contributed by atoms with Crippen molar-refractivity contribution in [2.75, 3.05) is 24.5 Å². The molecule has 0 bridgehead atoms. The van der Waals surface area contributed by atoms with Crippen molar-refractivity contribution in [1.29, 1.82) is 0 Å². The van der Waals surface area contributed by atoms with Gasteiger partial charge in [-0.2, -0.15) is 0 Å². The lowest BCUT2D eigenvalue weighted by Crippen LogP contribution is -2.52. The molecular formula is C32H41N3O5S. The summed E-state index contributed by atoms with van der Waals surface area (Å²) in [4.78, 5) is 29.0. The summed E-state index contributed by atoms with van der Waals surface area (Å²) < 4.78 is 34.6. The van der Waals surface area contributed by atoms with Gasteiger partial charge in [0.05, 0.1) is 17.7 Å². The van der Waals surface area contributed by atoms with Crippen LogP contribution in [0.5, 0.6) is 5.75 Å². The summed E-state index contributed by atoms with van der Waals surface area (Å²) in [6.45, 7) is 9.56. The quantitative estimate of drug-likeness (QED) is 0.302. The molecule has 0 aliphatic rings. The lowest BCUT2D eigenvalue weighted by molar-refractivity contribution is -0.140. The molecule has 0 aliphatic carbocycles. The molecule has 9 heteroatoms. The number of sulfonamides is 1. The monoisotopic (exact) mass is 579 g/mol. The van der Waals surface area contributed by atoms with E-state index < -0.39 is 28.5 Å². The molecule has 0 aliphatic heterocycles. The van der Waals surface area contributed by atoms with Crippen molar-refractivity contribution in [2.24, 2.45) is 0 Å². The second kappa shape index (κ2) is 14.2. The van der Waals surface area contributed by atoms with E-state index in [2.05, 4.69) is 5.32 Å². The Balaban J connectivity index is 2.09. The van der Waals surface area contributed by atoms with Crippen LogP contribution in [0.2, 0.25) is 0 Å². The number of carbonyl (C=O) groups is 2. The standard InChI is InChI=1S/C32H41N3O5S/c1-7-16-33-32(37)30(8-2)34(21-26-10-9-11-28(20-26)40-6)31(36)22-35(27-18-24(4)17-25(5)19-27)41(38,39)29-14-12-23(3)13-15-29/h9-15,17-20,30H,7-8,16,21-22H2,1-6H3,(H,33,37)/t30-/m0/s1. The van der Waals surface area contributed by atoms with Crippen molar-refractivity contribution in [2.45, 2.75) is 64.9 Å². The Bertz CT molecular complexity index is 1430. The first kappa shape index (κ1) is 31.7. The van der Waals surface area contributed by atoms with Crippen molar-refractivity contribution in [3.05, 3.63) is 89.0 Å². The topological polar surface area (TPSA) is 96.0 Å². The number of carbonyl (C=O) groups excluding carboxylic acids is 2. The van der Waals surface area contributed by atoms with E-state index in [1.165, 1.54) is 4.90 Å². The minimum Gasteiger partial charge on any atom is -0.497 e. The van der Waals surface area contributed by atoms with E-state index in [1.54, 1.807) is 49.6 Å². The fraction of sp³-hybridized carbons (Fsp3) is 0.375. The number of nitrogens with zero attached hydrogens (tertiary/aromatic N) is 2. The zero-order valence-corrected chi connectivity index (χ0v) is 25.6. The largest absolute Gasteiger partial charge is 0.497 e. The first-order valence-electron chi connectivity index (χ1n) is 13.9. The third-order valence-electron chi connectivity index (χ3n) is 6.80. The number of amides is 2. The Labute approximate surface area is 244 Å². The number of ether oxygens (including phenoxy) is 1. The highest BCUT2D eigenvalue weighted by Crippen LogP contribution is 2.27. The van der Waals surface area contributed by atoms with Crippen LogP contribution in [-0.4, -0.2) is 51.4 Å². The molecule has 0 saturated carbocycles. The minimum absolute atomic E-state index is 0.0853. The molecule has 1 atom stereocenters. The van der Waals surface area contributed by atoms with Gasteiger partial charge in [-0.1, -0.05) is 49.7 Å². The number of nitrogens with one attached hydrogen (secondary N) is 1. The van der Waals surface area contributed by atoms with Gasteiger partial charge in [-0.05, 0) is 86.7 Å².